The first-order valence-electron chi connectivity index (χ1n) is 10.6. The van der Waals surface area contributed by atoms with Gasteiger partial charge >= 0.3 is 0 Å². The average molecular weight is 437 g/mol. The van der Waals surface area contributed by atoms with Gasteiger partial charge in [0.2, 0.25) is 0 Å². The number of hydrogen-bond donors (Lipinski definition) is 0. The topological polar surface area (TPSA) is 51.7 Å². The molecule has 6 heteroatoms. The highest BCUT2D eigenvalue weighted by Gasteiger charge is 2.32. The number of anilines is 1. The zero-order chi connectivity index (χ0) is 22.0. The minimum atomic E-state index is -0.506. The Morgan fingerprint density at radius 1 is 1.19 bits per heavy atom. The molecule has 0 N–H and O–H groups in total. The van der Waals surface area contributed by atoms with E-state index in [0.29, 0.717) is 19.1 Å². The molecule has 1 aliphatic heterocycles. The summed E-state index contributed by atoms with van der Waals surface area (Å²) in [6.07, 6.45) is 0.289. The Bertz CT molecular complexity index is 1060. The molecule has 0 aliphatic carbocycles. The molecule has 0 fully saturated rings. The predicted octanol–water partition coefficient (Wildman–Crippen LogP) is 5.44. The summed E-state index contributed by atoms with van der Waals surface area (Å²) in [6.45, 7) is 7.33. The lowest BCUT2D eigenvalue weighted by atomic mass is 10.0. The van der Waals surface area contributed by atoms with E-state index in [9.17, 15) is 4.79 Å². The van der Waals surface area contributed by atoms with Gasteiger partial charge in [0, 0.05) is 24.5 Å². The third-order valence-electron chi connectivity index (χ3n) is 5.52. The van der Waals surface area contributed by atoms with Crippen LogP contribution in [0.15, 0.2) is 47.8 Å². The van der Waals surface area contributed by atoms with Crippen LogP contribution in [0.1, 0.15) is 42.8 Å². The number of nitrogens with zero attached hydrogens (tertiary/aromatic N) is 2. The van der Waals surface area contributed by atoms with E-state index in [-0.39, 0.29) is 5.91 Å². The smallest absolute Gasteiger partial charge is 0.268 e. The summed E-state index contributed by atoms with van der Waals surface area (Å²) >= 11 is 1.63. The molecule has 2 heterocycles. The number of carbonyl (C=O) groups excluding carboxylic acids is 1. The van der Waals surface area contributed by atoms with Crippen LogP contribution < -0.4 is 9.64 Å². The lowest BCUT2D eigenvalue weighted by Gasteiger charge is -2.33. The van der Waals surface area contributed by atoms with Crippen molar-refractivity contribution in [3.8, 4) is 17.0 Å². The quantitative estimate of drug-likeness (QED) is 0.495. The number of fused-ring (bicyclic) bond motifs is 1. The molecule has 1 unspecified atom stereocenters. The molecule has 0 spiro atoms. The number of hydrogen-bond acceptors (Lipinski definition) is 5. The molecule has 0 saturated carbocycles. The second-order valence-electron chi connectivity index (χ2n) is 8.13. The van der Waals surface area contributed by atoms with Gasteiger partial charge in [0.25, 0.3) is 5.91 Å². The summed E-state index contributed by atoms with van der Waals surface area (Å²) < 4.78 is 11.0. The van der Waals surface area contributed by atoms with Crippen molar-refractivity contribution in [3.63, 3.8) is 0 Å². The van der Waals surface area contributed by atoms with Gasteiger partial charge in [-0.2, -0.15) is 0 Å². The van der Waals surface area contributed by atoms with Crippen molar-refractivity contribution in [3.05, 3.63) is 64.0 Å². The van der Waals surface area contributed by atoms with Crippen LogP contribution in [0.25, 0.3) is 11.3 Å². The molecule has 5 nitrogen and oxygen atoms in total. The molecule has 1 aliphatic rings. The summed E-state index contributed by atoms with van der Waals surface area (Å²) in [4.78, 5) is 19.6. The van der Waals surface area contributed by atoms with Crippen LogP contribution in [-0.4, -0.2) is 30.7 Å². The number of ether oxygens (including phenoxy) is 2. The first kappa shape index (κ1) is 21.5. The molecule has 1 atom stereocenters. The zero-order valence-electron chi connectivity index (χ0n) is 18.4. The molecule has 0 bridgehead atoms. The van der Waals surface area contributed by atoms with Gasteiger partial charge in [-0.1, -0.05) is 38.1 Å². The number of carbonyl (C=O) groups is 1. The van der Waals surface area contributed by atoms with Crippen LogP contribution in [0.4, 0.5) is 5.69 Å². The first-order valence-corrected chi connectivity index (χ1v) is 11.5. The highest BCUT2D eigenvalue weighted by molar-refractivity contribution is 7.09. The number of rotatable bonds is 7. The second-order valence-corrected chi connectivity index (χ2v) is 9.08. The fourth-order valence-corrected chi connectivity index (χ4v) is 4.46. The Hall–Kier alpha value is -2.70. The number of benzene rings is 2. The van der Waals surface area contributed by atoms with Gasteiger partial charge < -0.3 is 14.4 Å². The zero-order valence-corrected chi connectivity index (χ0v) is 19.2. The molecular weight excluding hydrogens is 408 g/mol. The summed E-state index contributed by atoms with van der Waals surface area (Å²) in [5.41, 5.74) is 5.07. The van der Waals surface area contributed by atoms with E-state index in [4.69, 9.17) is 14.5 Å². The molecule has 162 valence electrons. The van der Waals surface area contributed by atoms with Crippen molar-refractivity contribution in [2.45, 2.75) is 45.8 Å². The summed E-state index contributed by atoms with van der Waals surface area (Å²) in [6, 6.07) is 14.5. The van der Waals surface area contributed by atoms with Crippen LogP contribution in [0.2, 0.25) is 0 Å². The molecule has 1 amide bonds. The van der Waals surface area contributed by atoms with Crippen LogP contribution in [-0.2, 0) is 22.5 Å². The van der Waals surface area contributed by atoms with Gasteiger partial charge in [0.05, 0.1) is 29.5 Å². The molecule has 3 aromatic rings. The second kappa shape index (κ2) is 9.20. The van der Waals surface area contributed by atoms with Gasteiger partial charge in [-0.3, -0.25) is 4.79 Å². The van der Waals surface area contributed by atoms with Crippen LogP contribution in [0.3, 0.4) is 0 Å². The van der Waals surface area contributed by atoms with Gasteiger partial charge in [0.1, 0.15) is 5.75 Å². The summed E-state index contributed by atoms with van der Waals surface area (Å²) in [5, 5.41) is 3.09. The van der Waals surface area contributed by atoms with Crippen LogP contribution in [0.5, 0.6) is 5.75 Å². The van der Waals surface area contributed by atoms with E-state index in [1.807, 2.05) is 23.1 Å². The standard InChI is InChI=1S/C25H28N2O3S/c1-16(2)19-7-5-18(6-8-19)14-27-22-13-20(9-10-23(22)30-17(3)25(27)28)21-15-31-24(26-21)11-12-29-4/h5-10,13,15-17H,11-12,14H2,1-4H3. The number of methoxy groups -OCH3 is 1. The highest BCUT2D eigenvalue weighted by atomic mass is 32.1. The van der Waals surface area contributed by atoms with E-state index in [1.165, 1.54) is 5.56 Å². The molecule has 0 radical (unpaired) electrons. The van der Waals surface area contributed by atoms with E-state index < -0.39 is 6.10 Å². The Morgan fingerprint density at radius 3 is 2.68 bits per heavy atom. The van der Waals surface area contributed by atoms with E-state index >= 15 is 0 Å². The molecule has 1 aromatic heterocycles. The maximum absolute atomic E-state index is 13.0. The van der Waals surface area contributed by atoms with Gasteiger partial charge in [-0.15, -0.1) is 11.3 Å². The lowest BCUT2D eigenvalue weighted by molar-refractivity contribution is -0.125. The van der Waals surface area contributed by atoms with E-state index in [2.05, 4.69) is 43.5 Å². The third kappa shape index (κ3) is 4.65. The van der Waals surface area contributed by atoms with Crippen molar-refractivity contribution in [1.82, 2.24) is 4.98 Å². The average Bonchev–Trinajstić information content (AvgIpc) is 3.24. The normalized spacial score (nSPS) is 15.8. The maximum Gasteiger partial charge on any atom is 0.268 e. The van der Waals surface area contributed by atoms with Crippen LogP contribution in [0, 0.1) is 0 Å². The predicted molar refractivity (Wildman–Crippen MR) is 125 cm³/mol. The maximum atomic E-state index is 13.0. The van der Waals surface area contributed by atoms with Crippen molar-refractivity contribution in [2.75, 3.05) is 18.6 Å². The number of aromatic nitrogens is 1. The number of thiazole rings is 1. The number of amides is 1. The third-order valence-corrected chi connectivity index (χ3v) is 6.43. The van der Waals surface area contributed by atoms with E-state index in [1.54, 1.807) is 25.4 Å². The van der Waals surface area contributed by atoms with Crippen LogP contribution >= 0.6 is 11.3 Å². The largest absolute Gasteiger partial charge is 0.479 e. The minimum absolute atomic E-state index is 0.0309. The van der Waals surface area contributed by atoms with Crippen molar-refractivity contribution in [1.29, 1.82) is 0 Å². The summed E-state index contributed by atoms with van der Waals surface area (Å²) in [5.74, 6) is 1.18. The molecular formula is C25H28N2O3S. The Kier molecular flexibility index (Phi) is 6.39. The first-order chi connectivity index (χ1) is 15.0. The fourth-order valence-electron chi connectivity index (χ4n) is 3.67. The van der Waals surface area contributed by atoms with Crippen molar-refractivity contribution in [2.24, 2.45) is 0 Å². The SMILES string of the molecule is COCCc1nc(-c2ccc3c(c2)N(Cc2ccc(C(C)C)cc2)C(=O)C(C)O3)cs1. The molecule has 4 rings (SSSR count). The summed E-state index contributed by atoms with van der Waals surface area (Å²) in [7, 11) is 1.70. The van der Waals surface area contributed by atoms with Gasteiger partial charge in [0.15, 0.2) is 6.10 Å². The van der Waals surface area contributed by atoms with E-state index in [0.717, 1.165) is 39.7 Å². The Morgan fingerprint density at radius 2 is 1.97 bits per heavy atom. The Balaban J connectivity index is 1.64. The van der Waals surface area contributed by atoms with Crippen molar-refractivity contribution < 1.29 is 14.3 Å². The highest BCUT2D eigenvalue weighted by Crippen LogP contribution is 2.38. The molecule has 2 aromatic carbocycles. The molecule has 31 heavy (non-hydrogen) atoms. The monoisotopic (exact) mass is 436 g/mol. The van der Waals surface area contributed by atoms with Gasteiger partial charge in [-0.25, -0.2) is 4.98 Å². The molecule has 0 saturated heterocycles. The Labute approximate surface area is 187 Å². The fraction of sp³-hybridized carbons (Fsp3) is 0.360. The van der Waals surface area contributed by atoms with Crippen molar-refractivity contribution >= 4 is 22.9 Å². The lowest BCUT2D eigenvalue weighted by Crippen LogP contribution is -2.44. The van der Waals surface area contributed by atoms with Gasteiger partial charge in [-0.05, 0) is 42.2 Å². The minimum Gasteiger partial charge on any atom is -0.479 e.